The van der Waals surface area contributed by atoms with Crippen molar-refractivity contribution in [2.24, 2.45) is 4.99 Å². The number of thioether (sulfide) groups is 2. The van der Waals surface area contributed by atoms with Crippen LogP contribution in [0.2, 0.25) is 0 Å². The van der Waals surface area contributed by atoms with Crippen LogP contribution in [0.5, 0.6) is 11.5 Å². The van der Waals surface area contributed by atoms with Gasteiger partial charge >= 0.3 is 0 Å². The van der Waals surface area contributed by atoms with Gasteiger partial charge < -0.3 is 14.4 Å². The lowest BCUT2D eigenvalue weighted by Crippen LogP contribution is -2.29. The first-order chi connectivity index (χ1) is 14.6. The van der Waals surface area contributed by atoms with Crippen molar-refractivity contribution >= 4 is 46.0 Å². The van der Waals surface area contributed by atoms with Gasteiger partial charge in [0.15, 0.2) is 5.17 Å². The number of carbonyl (C=O) groups is 1. The summed E-state index contributed by atoms with van der Waals surface area (Å²) in [5, 5.41) is 1.61. The fourth-order valence-electron chi connectivity index (χ4n) is 3.39. The van der Waals surface area contributed by atoms with Crippen LogP contribution < -0.4 is 14.4 Å². The SMILES string of the molecule is CCN1C(=O)C(=C2Sc3ccc(OC)cc3N2CC)SC1=Nc1ccccc1OC. The molecule has 1 fully saturated rings. The second-order valence-electron chi connectivity index (χ2n) is 6.53. The molecule has 1 amide bonds. The van der Waals surface area contributed by atoms with Crippen LogP contribution in [0, 0.1) is 0 Å². The molecule has 1 saturated heterocycles. The van der Waals surface area contributed by atoms with E-state index >= 15 is 0 Å². The maximum atomic E-state index is 13.3. The van der Waals surface area contributed by atoms with Crippen molar-refractivity contribution in [2.75, 3.05) is 32.2 Å². The zero-order chi connectivity index (χ0) is 21.3. The van der Waals surface area contributed by atoms with Crippen LogP contribution >= 0.6 is 23.5 Å². The highest BCUT2D eigenvalue weighted by Gasteiger charge is 2.39. The molecule has 0 radical (unpaired) electrons. The molecule has 4 rings (SSSR count). The lowest BCUT2D eigenvalue weighted by atomic mass is 10.2. The number of para-hydroxylation sites is 2. The topological polar surface area (TPSA) is 54.4 Å². The minimum absolute atomic E-state index is 0.0168. The van der Waals surface area contributed by atoms with E-state index in [1.807, 2.05) is 49.4 Å². The van der Waals surface area contributed by atoms with Gasteiger partial charge in [0.25, 0.3) is 5.91 Å². The van der Waals surface area contributed by atoms with E-state index in [0.29, 0.717) is 28.1 Å². The molecule has 0 aliphatic carbocycles. The predicted octanol–water partition coefficient (Wildman–Crippen LogP) is 5.09. The molecule has 6 nitrogen and oxygen atoms in total. The van der Waals surface area contributed by atoms with E-state index in [2.05, 4.69) is 11.8 Å². The quantitative estimate of drug-likeness (QED) is 0.603. The Morgan fingerprint density at radius 1 is 0.967 bits per heavy atom. The van der Waals surface area contributed by atoms with Crippen LogP contribution in [0.3, 0.4) is 0 Å². The van der Waals surface area contributed by atoms with Gasteiger partial charge in [-0.3, -0.25) is 9.69 Å². The molecule has 2 aliphatic heterocycles. The van der Waals surface area contributed by atoms with E-state index in [1.54, 1.807) is 30.9 Å². The first kappa shape index (κ1) is 20.7. The number of carbonyl (C=O) groups excluding carboxylic acids is 1. The van der Waals surface area contributed by atoms with Crippen molar-refractivity contribution in [1.82, 2.24) is 4.90 Å². The number of hydrogen-bond acceptors (Lipinski definition) is 7. The zero-order valence-electron chi connectivity index (χ0n) is 17.3. The normalized spacial score (nSPS) is 19.6. The molecule has 2 aromatic carbocycles. The van der Waals surface area contributed by atoms with E-state index in [4.69, 9.17) is 14.5 Å². The number of nitrogens with zero attached hydrogens (tertiary/aromatic N) is 3. The summed E-state index contributed by atoms with van der Waals surface area (Å²) in [7, 11) is 3.28. The van der Waals surface area contributed by atoms with Crippen molar-refractivity contribution < 1.29 is 14.3 Å². The predicted molar refractivity (Wildman–Crippen MR) is 124 cm³/mol. The lowest BCUT2D eigenvalue weighted by Gasteiger charge is -2.19. The molecule has 0 saturated carbocycles. The summed E-state index contributed by atoms with van der Waals surface area (Å²) >= 11 is 3.04. The Morgan fingerprint density at radius 2 is 1.73 bits per heavy atom. The van der Waals surface area contributed by atoms with Crippen LogP contribution in [-0.4, -0.2) is 43.3 Å². The highest BCUT2D eigenvalue weighted by atomic mass is 32.2. The third kappa shape index (κ3) is 3.54. The minimum atomic E-state index is -0.0168. The molecule has 2 heterocycles. The Balaban J connectivity index is 1.75. The van der Waals surface area contributed by atoms with Gasteiger partial charge in [0, 0.05) is 24.1 Å². The first-order valence-electron chi connectivity index (χ1n) is 9.70. The average Bonchev–Trinajstić information content (AvgIpc) is 3.29. The standard InChI is InChI=1S/C22H23N3O3S2/c1-5-24-16-13-14(27-3)11-12-18(16)29-21(24)19-20(26)25(6-2)22(30-19)23-15-9-7-8-10-17(15)28-4/h7-13H,5-6H2,1-4H3. The number of aliphatic imine (C=N–C) groups is 1. The number of likely N-dealkylation sites (N-methyl/N-ethyl adjacent to an activating group) is 1. The van der Waals surface area contributed by atoms with E-state index in [-0.39, 0.29) is 5.91 Å². The third-order valence-corrected chi connectivity index (χ3v) is 7.28. The Bertz CT molecular complexity index is 1050. The lowest BCUT2D eigenvalue weighted by molar-refractivity contribution is -0.122. The number of rotatable bonds is 5. The van der Waals surface area contributed by atoms with Crippen molar-refractivity contribution in [3.8, 4) is 11.5 Å². The van der Waals surface area contributed by atoms with E-state index in [1.165, 1.54) is 11.8 Å². The van der Waals surface area contributed by atoms with Crippen LogP contribution in [0.4, 0.5) is 11.4 Å². The Hall–Kier alpha value is -2.58. The van der Waals surface area contributed by atoms with Gasteiger partial charge in [0.1, 0.15) is 27.1 Å². The van der Waals surface area contributed by atoms with Gasteiger partial charge in [-0.25, -0.2) is 4.99 Å². The summed E-state index contributed by atoms with van der Waals surface area (Å²) in [5.74, 6) is 1.47. The molecule has 0 atom stereocenters. The van der Waals surface area contributed by atoms with Crippen LogP contribution in [0.15, 0.2) is 62.3 Å². The van der Waals surface area contributed by atoms with Crippen molar-refractivity contribution in [3.63, 3.8) is 0 Å². The van der Waals surface area contributed by atoms with Crippen LogP contribution in [0.25, 0.3) is 0 Å². The van der Waals surface area contributed by atoms with Gasteiger partial charge in [0.2, 0.25) is 0 Å². The van der Waals surface area contributed by atoms with Gasteiger partial charge in [0.05, 0.1) is 19.9 Å². The van der Waals surface area contributed by atoms with E-state index in [9.17, 15) is 4.79 Å². The largest absolute Gasteiger partial charge is 0.497 e. The number of anilines is 1. The van der Waals surface area contributed by atoms with Crippen LogP contribution in [0.1, 0.15) is 13.8 Å². The second-order valence-corrected chi connectivity index (χ2v) is 8.54. The minimum Gasteiger partial charge on any atom is -0.497 e. The third-order valence-electron chi connectivity index (χ3n) is 4.90. The van der Waals surface area contributed by atoms with Gasteiger partial charge in [-0.05, 0) is 49.9 Å². The van der Waals surface area contributed by atoms with Gasteiger partial charge in [-0.15, -0.1) is 0 Å². The van der Waals surface area contributed by atoms with Crippen molar-refractivity contribution in [3.05, 3.63) is 52.4 Å². The molecule has 0 unspecified atom stereocenters. The molecule has 0 spiro atoms. The highest BCUT2D eigenvalue weighted by molar-refractivity contribution is 8.19. The summed E-state index contributed by atoms with van der Waals surface area (Å²) in [6.07, 6.45) is 0. The molecule has 30 heavy (non-hydrogen) atoms. The number of fused-ring (bicyclic) bond motifs is 1. The zero-order valence-corrected chi connectivity index (χ0v) is 19.0. The van der Waals surface area contributed by atoms with Gasteiger partial charge in [-0.1, -0.05) is 23.9 Å². The Kier molecular flexibility index (Phi) is 5.97. The summed E-state index contributed by atoms with van der Waals surface area (Å²) in [5.41, 5.74) is 1.77. The smallest absolute Gasteiger partial charge is 0.269 e. The molecule has 0 bridgehead atoms. The number of ether oxygens (including phenoxy) is 2. The van der Waals surface area contributed by atoms with Crippen molar-refractivity contribution in [2.45, 2.75) is 18.7 Å². The Labute approximate surface area is 184 Å². The number of amidine groups is 1. The Morgan fingerprint density at radius 3 is 2.43 bits per heavy atom. The van der Waals surface area contributed by atoms with Gasteiger partial charge in [-0.2, -0.15) is 0 Å². The number of hydrogen-bond donors (Lipinski definition) is 0. The monoisotopic (exact) mass is 441 g/mol. The second kappa shape index (κ2) is 8.65. The first-order valence-corrected chi connectivity index (χ1v) is 11.3. The fourth-order valence-corrected chi connectivity index (χ4v) is 5.82. The molecule has 8 heteroatoms. The maximum absolute atomic E-state index is 13.3. The molecule has 2 aromatic rings. The van der Waals surface area contributed by atoms with Crippen molar-refractivity contribution in [1.29, 1.82) is 0 Å². The number of methoxy groups -OCH3 is 2. The average molecular weight is 442 g/mol. The molecule has 2 aliphatic rings. The fraction of sp³-hybridized carbons (Fsp3) is 0.273. The number of amides is 1. The molecular weight excluding hydrogens is 418 g/mol. The maximum Gasteiger partial charge on any atom is 0.269 e. The van der Waals surface area contributed by atoms with E-state index < -0.39 is 0 Å². The summed E-state index contributed by atoms with van der Waals surface area (Å²) in [6, 6.07) is 13.6. The molecule has 0 N–H and O–H groups in total. The van der Waals surface area contributed by atoms with Crippen LogP contribution in [-0.2, 0) is 4.79 Å². The molecule has 0 aromatic heterocycles. The van der Waals surface area contributed by atoms with E-state index in [0.717, 1.165) is 27.9 Å². The molecule has 156 valence electrons. The highest BCUT2D eigenvalue weighted by Crippen LogP contribution is 2.51. The summed E-state index contributed by atoms with van der Waals surface area (Å²) in [6.45, 7) is 5.35. The summed E-state index contributed by atoms with van der Waals surface area (Å²) < 4.78 is 10.8. The summed E-state index contributed by atoms with van der Waals surface area (Å²) in [4.78, 5) is 23.8. The molecular formula is C22H23N3O3S2. The number of benzene rings is 2.